The van der Waals surface area contributed by atoms with Crippen LogP contribution in [0.25, 0.3) is 0 Å². The van der Waals surface area contributed by atoms with Gasteiger partial charge >= 0.3 is 0 Å². The molecule has 0 spiro atoms. The van der Waals surface area contributed by atoms with Crippen molar-refractivity contribution in [3.05, 3.63) is 28.8 Å². The van der Waals surface area contributed by atoms with Gasteiger partial charge in [-0.15, -0.1) is 0 Å². The fourth-order valence-electron chi connectivity index (χ4n) is 2.07. The molecule has 0 aliphatic carbocycles. The average molecular weight is 330 g/mol. The van der Waals surface area contributed by atoms with Gasteiger partial charge in [0.25, 0.3) is 0 Å². The van der Waals surface area contributed by atoms with E-state index in [0.717, 1.165) is 6.54 Å². The van der Waals surface area contributed by atoms with E-state index in [4.69, 9.17) is 21.6 Å². The number of benzene rings is 1. The van der Waals surface area contributed by atoms with E-state index in [2.05, 4.69) is 5.32 Å². The van der Waals surface area contributed by atoms with E-state index in [1.165, 1.54) is 29.6 Å². The summed E-state index contributed by atoms with van der Waals surface area (Å²) in [6.45, 7) is 2.19. The van der Waals surface area contributed by atoms with Crippen LogP contribution in [-0.4, -0.2) is 52.1 Å². The van der Waals surface area contributed by atoms with Gasteiger partial charge in [0.1, 0.15) is 4.90 Å². The Balaban J connectivity index is 2.18. The molecule has 0 amide bonds. The molecule has 1 saturated heterocycles. The number of nitrogens with zero attached hydrogens (tertiary/aromatic N) is 2. The average Bonchev–Trinajstić information content (AvgIpc) is 2.47. The van der Waals surface area contributed by atoms with Gasteiger partial charge in [0, 0.05) is 26.7 Å². The summed E-state index contributed by atoms with van der Waals surface area (Å²) in [6.07, 6.45) is -0.185. The largest absolute Gasteiger partial charge is 0.374 e. The first kappa shape index (κ1) is 16.2. The maximum absolute atomic E-state index is 12.5. The third-order valence-electron chi connectivity index (χ3n) is 3.21. The third kappa shape index (κ3) is 3.73. The third-order valence-corrected chi connectivity index (χ3v) is 5.52. The zero-order valence-corrected chi connectivity index (χ0v) is 13.1. The molecule has 2 rings (SSSR count). The molecule has 1 unspecified atom stereocenters. The highest BCUT2D eigenvalue weighted by Crippen LogP contribution is 2.25. The van der Waals surface area contributed by atoms with Crippen LogP contribution in [0.15, 0.2) is 23.1 Å². The Labute approximate surface area is 129 Å². The van der Waals surface area contributed by atoms with Crippen molar-refractivity contribution >= 4 is 21.6 Å². The van der Waals surface area contributed by atoms with E-state index in [1.807, 2.05) is 6.07 Å². The Morgan fingerprint density at radius 3 is 2.90 bits per heavy atom. The molecule has 21 heavy (non-hydrogen) atoms. The van der Waals surface area contributed by atoms with Crippen LogP contribution in [-0.2, 0) is 14.8 Å². The number of halogens is 1. The van der Waals surface area contributed by atoms with Crippen molar-refractivity contribution in [2.24, 2.45) is 0 Å². The van der Waals surface area contributed by atoms with Crippen LogP contribution in [0.2, 0.25) is 5.02 Å². The Kier molecular flexibility index (Phi) is 5.19. The summed E-state index contributed by atoms with van der Waals surface area (Å²) in [5.74, 6) is 0. The van der Waals surface area contributed by atoms with E-state index in [-0.39, 0.29) is 22.6 Å². The number of ether oxygens (including phenoxy) is 1. The van der Waals surface area contributed by atoms with Gasteiger partial charge in [0.2, 0.25) is 10.0 Å². The normalized spacial score (nSPS) is 19.4. The quantitative estimate of drug-likeness (QED) is 0.884. The Hall–Kier alpha value is -1.17. The van der Waals surface area contributed by atoms with Gasteiger partial charge in [-0.3, -0.25) is 0 Å². The number of sulfonamides is 1. The highest BCUT2D eigenvalue weighted by molar-refractivity contribution is 7.89. The van der Waals surface area contributed by atoms with E-state index in [9.17, 15) is 8.42 Å². The molecule has 1 aliphatic rings. The predicted molar refractivity (Wildman–Crippen MR) is 78.6 cm³/mol. The van der Waals surface area contributed by atoms with Crippen molar-refractivity contribution in [2.45, 2.75) is 11.0 Å². The number of morpholine rings is 1. The molecule has 1 fully saturated rings. The predicted octanol–water partition coefficient (Wildman–Crippen LogP) is 0.821. The van der Waals surface area contributed by atoms with E-state index in [1.54, 1.807) is 0 Å². The van der Waals surface area contributed by atoms with Crippen molar-refractivity contribution in [2.75, 3.05) is 33.3 Å². The van der Waals surface area contributed by atoms with Gasteiger partial charge in [-0.1, -0.05) is 11.6 Å². The lowest BCUT2D eigenvalue weighted by molar-refractivity contribution is 0.0206. The van der Waals surface area contributed by atoms with Crippen LogP contribution in [0.1, 0.15) is 5.56 Å². The molecule has 0 saturated carbocycles. The Morgan fingerprint density at radius 1 is 1.57 bits per heavy atom. The molecular formula is C13H16ClN3O3S. The zero-order valence-electron chi connectivity index (χ0n) is 11.5. The number of hydrogen-bond donors (Lipinski definition) is 1. The van der Waals surface area contributed by atoms with Crippen molar-refractivity contribution < 1.29 is 13.2 Å². The second-order valence-electron chi connectivity index (χ2n) is 4.74. The van der Waals surface area contributed by atoms with Gasteiger partial charge in [0.15, 0.2) is 0 Å². The van der Waals surface area contributed by atoms with Crippen molar-refractivity contribution in [3.63, 3.8) is 0 Å². The summed E-state index contributed by atoms with van der Waals surface area (Å²) in [5.41, 5.74) is 0.321. The lowest BCUT2D eigenvalue weighted by Gasteiger charge is -2.27. The summed E-state index contributed by atoms with van der Waals surface area (Å²) in [6, 6.07) is 6.06. The maximum Gasteiger partial charge on any atom is 0.244 e. The zero-order chi connectivity index (χ0) is 15.5. The number of rotatable bonds is 4. The monoisotopic (exact) mass is 329 g/mol. The fraction of sp³-hybridized carbons (Fsp3) is 0.462. The number of nitriles is 1. The molecule has 114 valence electrons. The minimum Gasteiger partial charge on any atom is -0.374 e. The lowest BCUT2D eigenvalue weighted by Crippen LogP contribution is -2.45. The molecule has 1 N–H and O–H groups in total. The lowest BCUT2D eigenvalue weighted by atomic mass is 10.2. The summed E-state index contributed by atoms with van der Waals surface area (Å²) < 4.78 is 31.7. The van der Waals surface area contributed by atoms with Crippen molar-refractivity contribution in [3.8, 4) is 6.07 Å². The fourth-order valence-corrected chi connectivity index (χ4v) is 3.79. The SMILES string of the molecule is CN(CC1CNCCO1)S(=O)(=O)c1ccc(C#N)cc1Cl. The first-order valence-corrected chi connectivity index (χ1v) is 8.25. The second kappa shape index (κ2) is 6.73. The molecular weight excluding hydrogens is 314 g/mol. The molecule has 1 atom stereocenters. The van der Waals surface area contributed by atoms with Crippen LogP contribution in [0.3, 0.4) is 0 Å². The van der Waals surface area contributed by atoms with Gasteiger partial charge < -0.3 is 10.1 Å². The smallest absolute Gasteiger partial charge is 0.244 e. The molecule has 6 nitrogen and oxygen atoms in total. The summed E-state index contributed by atoms with van der Waals surface area (Å²) in [7, 11) is -2.22. The van der Waals surface area contributed by atoms with Crippen LogP contribution in [0, 0.1) is 11.3 Å². The van der Waals surface area contributed by atoms with Crippen LogP contribution in [0.4, 0.5) is 0 Å². The Bertz CT molecular complexity index is 651. The minimum atomic E-state index is -3.71. The molecule has 8 heteroatoms. The summed E-state index contributed by atoms with van der Waals surface area (Å²) in [5, 5.41) is 12.0. The summed E-state index contributed by atoms with van der Waals surface area (Å²) in [4.78, 5) is -0.00515. The van der Waals surface area contributed by atoms with Gasteiger partial charge in [-0.05, 0) is 18.2 Å². The molecule has 0 radical (unpaired) electrons. The van der Waals surface area contributed by atoms with Crippen LogP contribution < -0.4 is 5.32 Å². The number of nitrogens with one attached hydrogen (secondary N) is 1. The minimum absolute atomic E-state index is 0.00515. The second-order valence-corrected chi connectivity index (χ2v) is 7.16. The number of hydrogen-bond acceptors (Lipinski definition) is 5. The Morgan fingerprint density at radius 2 is 2.33 bits per heavy atom. The molecule has 1 aromatic carbocycles. The first-order valence-electron chi connectivity index (χ1n) is 6.43. The summed E-state index contributed by atoms with van der Waals surface area (Å²) >= 11 is 5.98. The van der Waals surface area contributed by atoms with E-state index >= 15 is 0 Å². The van der Waals surface area contributed by atoms with Gasteiger partial charge in [-0.2, -0.15) is 9.57 Å². The highest BCUT2D eigenvalue weighted by Gasteiger charge is 2.27. The van der Waals surface area contributed by atoms with Gasteiger partial charge in [-0.25, -0.2) is 8.42 Å². The van der Waals surface area contributed by atoms with Crippen molar-refractivity contribution in [1.29, 1.82) is 5.26 Å². The standard InChI is InChI=1S/C13H16ClN3O3S/c1-17(9-11-8-16-4-5-20-11)21(18,19)13-3-2-10(7-15)6-12(13)14/h2-3,6,11,16H,4-5,8-9H2,1H3. The first-order chi connectivity index (χ1) is 9.95. The van der Waals surface area contributed by atoms with E-state index in [0.29, 0.717) is 18.7 Å². The highest BCUT2D eigenvalue weighted by atomic mass is 35.5. The molecule has 1 aliphatic heterocycles. The van der Waals surface area contributed by atoms with E-state index < -0.39 is 10.0 Å². The maximum atomic E-state index is 12.5. The van der Waals surface area contributed by atoms with Crippen LogP contribution >= 0.6 is 11.6 Å². The van der Waals surface area contributed by atoms with Crippen molar-refractivity contribution in [1.82, 2.24) is 9.62 Å². The molecule has 0 aromatic heterocycles. The van der Waals surface area contributed by atoms with Crippen LogP contribution in [0.5, 0.6) is 0 Å². The number of likely N-dealkylation sites (N-methyl/N-ethyl adjacent to an activating group) is 1. The molecule has 0 bridgehead atoms. The van der Waals surface area contributed by atoms with Gasteiger partial charge in [0.05, 0.1) is 29.4 Å². The topological polar surface area (TPSA) is 82.4 Å². The molecule has 1 aromatic rings. The molecule has 1 heterocycles.